The summed E-state index contributed by atoms with van der Waals surface area (Å²) in [4.78, 5) is 35.1. The van der Waals surface area contributed by atoms with Gasteiger partial charge in [-0.15, -0.1) is 0 Å². The largest absolute Gasteiger partial charge is 0.513 e. The number of nitro groups is 1. The van der Waals surface area contributed by atoms with Crippen molar-refractivity contribution in [3.63, 3.8) is 0 Å². The molecule has 1 aliphatic rings. The lowest BCUT2D eigenvalue weighted by Crippen LogP contribution is -2.29. The summed E-state index contributed by atoms with van der Waals surface area (Å²) in [5.74, 6) is -0.814. The summed E-state index contributed by atoms with van der Waals surface area (Å²) in [5.41, 5.74) is 1.85. The topological polar surface area (TPSA) is 126 Å². The summed E-state index contributed by atoms with van der Waals surface area (Å²) < 4.78 is 20.6. The molecule has 0 fully saturated rings. The quantitative estimate of drug-likeness (QED) is 0.369. The van der Waals surface area contributed by atoms with E-state index >= 15 is 0 Å². The molecule has 1 heterocycles. The minimum atomic E-state index is -0.993. The molecular formula is C23H22N2O8. The Hall–Kier alpha value is -4.34. The van der Waals surface area contributed by atoms with Crippen molar-refractivity contribution in [3.05, 3.63) is 98.8 Å². The van der Waals surface area contributed by atoms with Crippen molar-refractivity contribution < 1.29 is 33.5 Å². The molecule has 0 saturated carbocycles. The highest BCUT2D eigenvalue weighted by molar-refractivity contribution is 5.65. The SMILES string of the molecule is COC(=O)OC1=C(C)NC(C)=C(OC(=O)OCc2ccccc2)C1c1cccc([N+](=O)[O-])c1. The molecule has 0 radical (unpaired) electrons. The molecule has 10 heteroatoms. The third-order valence-electron chi connectivity index (χ3n) is 4.81. The number of ether oxygens (including phenoxy) is 4. The summed E-state index contributed by atoms with van der Waals surface area (Å²) in [6.45, 7) is 3.29. The highest BCUT2D eigenvalue weighted by Crippen LogP contribution is 2.40. The standard InChI is InChI=1S/C23H22N2O8/c1-14-20(32-22(26)30-3)19(17-10-7-11-18(12-17)25(28)29)21(15(2)24-14)33-23(27)31-13-16-8-5-4-6-9-16/h4-12,19,24H,13H2,1-3H3. The number of rotatable bonds is 6. The van der Waals surface area contributed by atoms with Gasteiger partial charge in [-0.05, 0) is 25.0 Å². The molecule has 33 heavy (non-hydrogen) atoms. The molecule has 0 aliphatic carbocycles. The second-order valence-electron chi connectivity index (χ2n) is 7.07. The first kappa shape index (κ1) is 23.3. The molecule has 1 aliphatic heterocycles. The van der Waals surface area contributed by atoms with Gasteiger partial charge in [0.05, 0.1) is 23.4 Å². The van der Waals surface area contributed by atoms with Crippen LogP contribution in [0, 0.1) is 10.1 Å². The van der Waals surface area contributed by atoms with Crippen LogP contribution in [0.25, 0.3) is 0 Å². The van der Waals surface area contributed by atoms with Crippen molar-refractivity contribution in [2.45, 2.75) is 26.4 Å². The van der Waals surface area contributed by atoms with Crippen LogP contribution in [0.4, 0.5) is 15.3 Å². The van der Waals surface area contributed by atoms with Gasteiger partial charge in [0.1, 0.15) is 24.0 Å². The lowest BCUT2D eigenvalue weighted by atomic mass is 9.90. The van der Waals surface area contributed by atoms with Crippen molar-refractivity contribution in [1.82, 2.24) is 5.32 Å². The van der Waals surface area contributed by atoms with Crippen molar-refractivity contribution in [1.29, 1.82) is 0 Å². The summed E-state index contributed by atoms with van der Waals surface area (Å²) in [7, 11) is 1.15. The van der Waals surface area contributed by atoms with Gasteiger partial charge in [0, 0.05) is 12.1 Å². The molecule has 0 saturated heterocycles. The fourth-order valence-corrected chi connectivity index (χ4v) is 3.32. The maximum atomic E-state index is 12.5. The van der Waals surface area contributed by atoms with Gasteiger partial charge in [-0.1, -0.05) is 42.5 Å². The van der Waals surface area contributed by atoms with Gasteiger partial charge in [-0.2, -0.15) is 0 Å². The molecule has 1 atom stereocenters. The number of hydrogen-bond donors (Lipinski definition) is 1. The van der Waals surface area contributed by atoms with Crippen LogP contribution >= 0.6 is 0 Å². The minimum Gasteiger partial charge on any atom is -0.437 e. The van der Waals surface area contributed by atoms with Crippen molar-refractivity contribution in [2.24, 2.45) is 0 Å². The van der Waals surface area contributed by atoms with Gasteiger partial charge in [0.15, 0.2) is 0 Å². The molecule has 0 spiro atoms. The van der Waals surface area contributed by atoms with Crippen LogP contribution in [0.1, 0.15) is 30.9 Å². The first-order chi connectivity index (χ1) is 15.8. The zero-order valence-electron chi connectivity index (χ0n) is 18.2. The lowest BCUT2D eigenvalue weighted by molar-refractivity contribution is -0.384. The van der Waals surface area contributed by atoms with Crippen LogP contribution in [-0.4, -0.2) is 24.3 Å². The van der Waals surface area contributed by atoms with E-state index in [1.54, 1.807) is 32.0 Å². The number of nitrogens with one attached hydrogen (secondary N) is 1. The lowest BCUT2D eigenvalue weighted by Gasteiger charge is -2.30. The molecule has 2 aromatic carbocycles. The molecule has 3 rings (SSSR count). The molecule has 1 N–H and O–H groups in total. The minimum absolute atomic E-state index is 0.0126. The van der Waals surface area contributed by atoms with E-state index in [1.165, 1.54) is 18.2 Å². The van der Waals surface area contributed by atoms with Gasteiger partial charge in [-0.25, -0.2) is 9.59 Å². The summed E-state index contributed by atoms with van der Waals surface area (Å²) in [6.07, 6.45) is -1.98. The molecule has 1 unspecified atom stereocenters. The first-order valence-corrected chi connectivity index (χ1v) is 9.87. The van der Waals surface area contributed by atoms with Crippen LogP contribution in [0.15, 0.2) is 77.5 Å². The number of non-ortho nitro benzene ring substituents is 1. The zero-order valence-corrected chi connectivity index (χ0v) is 18.2. The number of nitrogens with zero attached hydrogens (tertiary/aromatic N) is 1. The van der Waals surface area contributed by atoms with Crippen LogP contribution < -0.4 is 5.32 Å². The molecule has 2 aromatic rings. The van der Waals surface area contributed by atoms with E-state index in [9.17, 15) is 19.7 Å². The van der Waals surface area contributed by atoms with E-state index in [4.69, 9.17) is 14.2 Å². The molecule has 10 nitrogen and oxygen atoms in total. The maximum absolute atomic E-state index is 12.5. The number of hydrogen-bond acceptors (Lipinski definition) is 9. The number of methoxy groups -OCH3 is 1. The average molecular weight is 454 g/mol. The monoisotopic (exact) mass is 454 g/mol. The van der Waals surface area contributed by atoms with Crippen molar-refractivity contribution in [2.75, 3.05) is 7.11 Å². The fourth-order valence-electron chi connectivity index (χ4n) is 3.32. The Morgan fingerprint density at radius 2 is 1.61 bits per heavy atom. The Balaban J connectivity index is 1.94. The first-order valence-electron chi connectivity index (χ1n) is 9.87. The van der Waals surface area contributed by atoms with E-state index in [2.05, 4.69) is 10.1 Å². The van der Waals surface area contributed by atoms with E-state index in [-0.39, 0.29) is 23.8 Å². The number of nitro benzene ring substituents is 1. The predicted molar refractivity (Wildman–Crippen MR) is 116 cm³/mol. The van der Waals surface area contributed by atoms with Crippen LogP contribution in [0.2, 0.25) is 0 Å². The second-order valence-corrected chi connectivity index (χ2v) is 7.07. The molecular weight excluding hydrogens is 432 g/mol. The Morgan fingerprint density at radius 1 is 0.970 bits per heavy atom. The third-order valence-corrected chi connectivity index (χ3v) is 4.81. The average Bonchev–Trinajstić information content (AvgIpc) is 2.81. The van der Waals surface area contributed by atoms with Crippen molar-refractivity contribution >= 4 is 18.0 Å². The number of carbonyl (C=O) groups excluding carboxylic acids is 2. The molecule has 0 aromatic heterocycles. The Morgan fingerprint density at radius 3 is 2.21 bits per heavy atom. The highest BCUT2D eigenvalue weighted by Gasteiger charge is 2.36. The van der Waals surface area contributed by atoms with E-state index in [0.717, 1.165) is 12.7 Å². The maximum Gasteiger partial charge on any atom is 0.513 e. The van der Waals surface area contributed by atoms with Gasteiger partial charge >= 0.3 is 12.3 Å². The van der Waals surface area contributed by atoms with Crippen molar-refractivity contribution in [3.8, 4) is 0 Å². The summed E-state index contributed by atoms with van der Waals surface area (Å²) >= 11 is 0. The summed E-state index contributed by atoms with van der Waals surface area (Å²) in [5, 5.41) is 14.3. The Bertz CT molecular complexity index is 1120. The Kier molecular flexibility index (Phi) is 7.29. The number of benzene rings is 2. The summed E-state index contributed by atoms with van der Waals surface area (Å²) in [6, 6.07) is 14.8. The van der Waals surface area contributed by atoms with E-state index in [0.29, 0.717) is 17.0 Å². The highest BCUT2D eigenvalue weighted by atomic mass is 16.7. The smallest absolute Gasteiger partial charge is 0.437 e. The third kappa shape index (κ3) is 5.67. The molecule has 0 bridgehead atoms. The molecule has 0 amide bonds. The Labute approximate surface area is 189 Å². The number of carbonyl (C=O) groups is 2. The second kappa shape index (κ2) is 10.3. The van der Waals surface area contributed by atoms with Gasteiger partial charge < -0.3 is 24.3 Å². The van der Waals surface area contributed by atoms with Gasteiger partial charge in [0.2, 0.25) is 0 Å². The van der Waals surface area contributed by atoms with Crippen LogP contribution in [-0.2, 0) is 25.6 Å². The predicted octanol–water partition coefficient (Wildman–Crippen LogP) is 4.88. The van der Waals surface area contributed by atoms with Crippen LogP contribution in [0.3, 0.4) is 0 Å². The number of dihydropyridines is 1. The fraction of sp³-hybridized carbons (Fsp3) is 0.217. The van der Waals surface area contributed by atoms with E-state index in [1.807, 2.05) is 18.2 Å². The normalized spacial score (nSPS) is 15.4. The van der Waals surface area contributed by atoms with Gasteiger partial charge in [-0.3, -0.25) is 10.1 Å². The van der Waals surface area contributed by atoms with E-state index < -0.39 is 23.2 Å². The number of allylic oxidation sites excluding steroid dienone is 2. The molecule has 172 valence electrons. The van der Waals surface area contributed by atoms with Gasteiger partial charge in [0.25, 0.3) is 5.69 Å². The van der Waals surface area contributed by atoms with Crippen LogP contribution in [0.5, 0.6) is 0 Å². The zero-order chi connectivity index (χ0) is 24.0.